The quantitative estimate of drug-likeness (QED) is 0.598. The Labute approximate surface area is 122 Å². The van der Waals surface area contributed by atoms with Gasteiger partial charge in [-0.25, -0.2) is 16.8 Å². The Morgan fingerprint density at radius 1 is 1.29 bits per heavy atom. The average Bonchev–Trinajstić information content (AvgIpc) is 2.31. The molecule has 0 bridgehead atoms. The molecule has 0 radical (unpaired) electrons. The van der Waals surface area contributed by atoms with Gasteiger partial charge in [0.05, 0.1) is 26.9 Å². The third-order valence-electron chi connectivity index (χ3n) is 3.02. The van der Waals surface area contributed by atoms with E-state index in [2.05, 4.69) is 8.31 Å². The Bertz CT molecular complexity index is 551. The molecule has 1 saturated heterocycles. The summed E-state index contributed by atoms with van der Waals surface area (Å²) in [5.41, 5.74) is -0.407. The molecule has 0 aromatic rings. The van der Waals surface area contributed by atoms with Crippen molar-refractivity contribution in [2.75, 3.05) is 33.5 Å². The lowest BCUT2D eigenvalue weighted by atomic mass is 9.84. The van der Waals surface area contributed by atoms with Crippen molar-refractivity contribution < 1.29 is 39.3 Å². The minimum atomic E-state index is -5.62. The molecule has 0 aromatic carbocycles. The summed E-state index contributed by atoms with van der Waals surface area (Å²) in [7, 11) is -9.95. The molecular formula is C9H16F2NO7S2-. The maximum Gasteiger partial charge on any atom is 0.352 e. The van der Waals surface area contributed by atoms with Gasteiger partial charge in [0, 0.05) is 5.41 Å². The Morgan fingerprint density at radius 3 is 2.24 bits per heavy atom. The highest BCUT2D eigenvalue weighted by Gasteiger charge is 2.43. The number of alkyl halides is 2. The molecule has 12 heteroatoms. The van der Waals surface area contributed by atoms with Gasteiger partial charge in [0.2, 0.25) is 10.3 Å². The van der Waals surface area contributed by atoms with Crippen molar-refractivity contribution in [1.82, 2.24) is 0 Å². The molecule has 1 fully saturated rings. The van der Waals surface area contributed by atoms with E-state index in [0.29, 0.717) is 26.7 Å². The number of ether oxygens (including phenoxy) is 2. The van der Waals surface area contributed by atoms with Crippen LogP contribution in [0.25, 0.3) is 4.13 Å². The van der Waals surface area contributed by atoms with E-state index < -0.39 is 37.6 Å². The first-order valence-electron chi connectivity index (χ1n) is 5.82. The van der Waals surface area contributed by atoms with Crippen molar-refractivity contribution in [3.05, 3.63) is 4.13 Å². The van der Waals surface area contributed by atoms with Gasteiger partial charge < -0.3 is 13.6 Å². The summed E-state index contributed by atoms with van der Waals surface area (Å²) in [6.07, 6.45) is 0.619. The summed E-state index contributed by atoms with van der Waals surface area (Å²) in [6, 6.07) is 0. The lowest BCUT2D eigenvalue weighted by molar-refractivity contribution is -0.160. The number of sulfonamides is 1. The lowest BCUT2D eigenvalue weighted by Crippen LogP contribution is -2.47. The van der Waals surface area contributed by atoms with Crippen molar-refractivity contribution in [2.45, 2.75) is 18.6 Å². The summed E-state index contributed by atoms with van der Waals surface area (Å²) < 4.78 is 86.7. The van der Waals surface area contributed by atoms with Crippen LogP contribution >= 0.6 is 0 Å². The van der Waals surface area contributed by atoms with Gasteiger partial charge in [0.25, 0.3) is 0 Å². The fraction of sp³-hybridized carbons (Fsp3) is 1.00. The number of hydrogen-bond acceptors (Lipinski definition) is 7. The molecule has 0 amide bonds. The van der Waals surface area contributed by atoms with Crippen LogP contribution in [0.4, 0.5) is 8.78 Å². The zero-order chi connectivity index (χ0) is 16.4. The number of nitrogens with zero attached hydrogens (tertiary/aromatic N) is 1. The standard InChI is InChI=1S/C9H16F2NO7S2/c1-3-8(4-18-5-8)6-19-7-9(10,11)20(13,14)12-21(15,16)17-2/h3-7H2,1-2H3/q-1. The molecular weight excluding hydrogens is 336 g/mol. The molecule has 0 aromatic heterocycles. The zero-order valence-electron chi connectivity index (χ0n) is 11.4. The van der Waals surface area contributed by atoms with Crippen LogP contribution in [0, 0.1) is 5.41 Å². The number of hydrogen-bond donors (Lipinski definition) is 0. The van der Waals surface area contributed by atoms with E-state index in [9.17, 15) is 25.6 Å². The van der Waals surface area contributed by atoms with Crippen LogP contribution < -0.4 is 0 Å². The van der Waals surface area contributed by atoms with Gasteiger partial charge in [0.15, 0.2) is 10.0 Å². The monoisotopic (exact) mass is 352 g/mol. The number of rotatable bonds is 9. The van der Waals surface area contributed by atoms with Crippen molar-refractivity contribution in [2.24, 2.45) is 5.41 Å². The van der Waals surface area contributed by atoms with Crippen molar-refractivity contribution in [3.8, 4) is 0 Å². The Morgan fingerprint density at radius 2 is 1.86 bits per heavy atom. The van der Waals surface area contributed by atoms with Gasteiger partial charge in [-0.2, -0.15) is 8.78 Å². The molecule has 0 unspecified atom stereocenters. The van der Waals surface area contributed by atoms with Crippen LogP contribution in [-0.2, 0) is 34.0 Å². The van der Waals surface area contributed by atoms with E-state index in [-0.39, 0.29) is 6.61 Å². The van der Waals surface area contributed by atoms with Gasteiger partial charge in [-0.3, -0.25) is 4.18 Å². The zero-order valence-corrected chi connectivity index (χ0v) is 13.0. The topological polar surface area (TPSA) is 110 Å². The smallest absolute Gasteiger partial charge is 0.352 e. The Balaban J connectivity index is 2.63. The van der Waals surface area contributed by atoms with Gasteiger partial charge >= 0.3 is 5.25 Å². The highest BCUT2D eigenvalue weighted by molar-refractivity contribution is 8.10. The SMILES string of the molecule is CCC1(COCC(F)(F)S(=O)(=O)[N-]S(=O)(=O)OC)COC1. The highest BCUT2D eigenvalue weighted by atomic mass is 32.3. The first kappa shape index (κ1) is 18.6. The highest BCUT2D eigenvalue weighted by Crippen LogP contribution is 2.33. The maximum absolute atomic E-state index is 13.5. The van der Waals surface area contributed by atoms with Gasteiger partial charge in [-0.1, -0.05) is 6.92 Å². The van der Waals surface area contributed by atoms with Crippen LogP contribution in [0.1, 0.15) is 13.3 Å². The average molecular weight is 352 g/mol. The first-order chi connectivity index (χ1) is 9.49. The molecule has 1 aliphatic heterocycles. The van der Waals surface area contributed by atoms with Gasteiger partial charge in [-0.15, -0.1) is 0 Å². The number of halogens is 2. The summed E-state index contributed by atoms with van der Waals surface area (Å²) in [5, 5.41) is -4.47. The third kappa shape index (κ3) is 4.53. The van der Waals surface area contributed by atoms with E-state index in [0.717, 1.165) is 0 Å². The molecule has 8 nitrogen and oxygen atoms in total. The second-order valence-electron chi connectivity index (χ2n) is 4.62. The minimum Gasteiger partial charge on any atom is -0.406 e. The first-order valence-corrected chi connectivity index (χ1v) is 8.62. The molecule has 0 N–H and O–H groups in total. The molecule has 0 aliphatic carbocycles. The van der Waals surface area contributed by atoms with Gasteiger partial charge in [0.1, 0.15) is 6.61 Å². The van der Waals surface area contributed by atoms with Crippen molar-refractivity contribution in [1.29, 1.82) is 0 Å². The van der Waals surface area contributed by atoms with E-state index in [1.165, 1.54) is 0 Å². The van der Waals surface area contributed by atoms with Crippen LogP contribution in [0.3, 0.4) is 0 Å². The van der Waals surface area contributed by atoms with Crippen molar-refractivity contribution in [3.63, 3.8) is 0 Å². The molecule has 0 spiro atoms. The van der Waals surface area contributed by atoms with Crippen LogP contribution in [0.5, 0.6) is 0 Å². The predicted molar refractivity (Wildman–Crippen MR) is 67.5 cm³/mol. The van der Waals surface area contributed by atoms with Crippen LogP contribution in [-0.4, -0.2) is 55.6 Å². The molecule has 126 valence electrons. The Hall–Kier alpha value is -0.400. The summed E-state index contributed by atoms with van der Waals surface area (Å²) in [5.74, 6) is 0. The summed E-state index contributed by atoms with van der Waals surface area (Å²) >= 11 is 0. The largest absolute Gasteiger partial charge is 0.406 e. The molecule has 1 rings (SSSR count). The molecule has 0 saturated carbocycles. The van der Waals surface area contributed by atoms with Crippen LogP contribution in [0.15, 0.2) is 0 Å². The molecule has 1 aliphatic rings. The fourth-order valence-corrected chi connectivity index (χ4v) is 3.32. The van der Waals surface area contributed by atoms with Gasteiger partial charge in [-0.05, 0) is 6.42 Å². The minimum absolute atomic E-state index is 0.119. The van der Waals surface area contributed by atoms with E-state index in [1.807, 2.05) is 6.92 Å². The molecule has 1 heterocycles. The summed E-state index contributed by atoms with van der Waals surface area (Å²) in [6.45, 7) is 0.876. The lowest BCUT2D eigenvalue weighted by Gasteiger charge is -2.40. The van der Waals surface area contributed by atoms with E-state index in [1.54, 1.807) is 0 Å². The maximum atomic E-state index is 13.5. The van der Waals surface area contributed by atoms with Crippen molar-refractivity contribution >= 4 is 20.3 Å². The predicted octanol–water partition coefficient (Wildman–Crippen LogP) is 0.617. The second kappa shape index (κ2) is 6.38. The third-order valence-corrected chi connectivity index (χ3v) is 5.83. The molecule has 21 heavy (non-hydrogen) atoms. The van der Waals surface area contributed by atoms with E-state index >= 15 is 0 Å². The Kier molecular flexibility index (Phi) is 5.67. The second-order valence-corrected chi connectivity index (χ2v) is 7.95. The normalized spacial score (nSPS) is 19.2. The fourth-order valence-electron chi connectivity index (χ4n) is 1.45. The molecule has 0 atom stereocenters. The summed E-state index contributed by atoms with van der Waals surface area (Å²) in [4.78, 5) is 0. The van der Waals surface area contributed by atoms with Crippen LogP contribution in [0.2, 0.25) is 0 Å². The van der Waals surface area contributed by atoms with E-state index in [4.69, 9.17) is 9.47 Å².